The molecular weight excluding hydrogens is 306 g/mol. The molecule has 0 heterocycles. The molecule has 0 fully saturated rings. The minimum absolute atomic E-state index is 0.0404. The molecule has 0 saturated carbocycles. The van der Waals surface area contributed by atoms with Crippen molar-refractivity contribution in [2.45, 2.75) is 0 Å². The normalized spacial score (nSPS) is 10.1. The van der Waals surface area contributed by atoms with Crippen molar-refractivity contribution in [1.82, 2.24) is 5.32 Å². The van der Waals surface area contributed by atoms with Gasteiger partial charge in [0, 0.05) is 18.2 Å². The van der Waals surface area contributed by atoms with Gasteiger partial charge in [-0.15, -0.1) is 0 Å². The minimum atomic E-state index is -1.11. The number of hydrogen-bond acceptors (Lipinski definition) is 3. The summed E-state index contributed by atoms with van der Waals surface area (Å²) in [6, 6.07) is 7.29. The molecule has 0 unspecified atom stereocenters. The first-order chi connectivity index (χ1) is 11.0. The molecule has 0 spiro atoms. The standard InChI is InChI=1S/C16H14F2N2O3/c1-19-15(21)10-4-6-13(14(8-10)23-2)20-16(22)9-3-5-11(17)12(18)7-9/h3-8H,1-2H3,(H,19,21)(H,20,22). The molecule has 5 nitrogen and oxygen atoms in total. The first-order valence-corrected chi connectivity index (χ1v) is 6.62. The van der Waals surface area contributed by atoms with E-state index >= 15 is 0 Å². The van der Waals surface area contributed by atoms with E-state index in [1.165, 1.54) is 38.4 Å². The Morgan fingerprint density at radius 1 is 0.957 bits per heavy atom. The molecule has 0 bridgehead atoms. The second-order valence-electron chi connectivity index (χ2n) is 4.58. The number of carbonyl (C=O) groups is 2. The van der Waals surface area contributed by atoms with Gasteiger partial charge in [0.1, 0.15) is 5.75 Å². The number of ether oxygens (including phenoxy) is 1. The lowest BCUT2D eigenvalue weighted by molar-refractivity contribution is 0.0962. The van der Waals surface area contributed by atoms with Crippen LogP contribution < -0.4 is 15.4 Å². The summed E-state index contributed by atoms with van der Waals surface area (Å²) in [5, 5.41) is 4.99. The Bertz CT molecular complexity index is 763. The highest BCUT2D eigenvalue weighted by molar-refractivity contribution is 6.05. The number of nitrogens with one attached hydrogen (secondary N) is 2. The van der Waals surface area contributed by atoms with E-state index in [0.29, 0.717) is 11.3 Å². The van der Waals surface area contributed by atoms with E-state index < -0.39 is 17.5 Å². The third-order valence-electron chi connectivity index (χ3n) is 3.12. The number of methoxy groups -OCH3 is 1. The van der Waals surface area contributed by atoms with Crippen LogP contribution in [0.1, 0.15) is 20.7 Å². The highest BCUT2D eigenvalue weighted by atomic mass is 19.2. The van der Waals surface area contributed by atoms with Crippen LogP contribution in [0, 0.1) is 11.6 Å². The second kappa shape index (κ2) is 6.87. The Morgan fingerprint density at radius 3 is 2.22 bits per heavy atom. The molecule has 2 aromatic rings. The lowest BCUT2D eigenvalue weighted by Crippen LogP contribution is -2.18. The molecule has 0 radical (unpaired) electrons. The molecule has 2 amide bonds. The van der Waals surface area contributed by atoms with Crippen molar-refractivity contribution in [3.05, 3.63) is 59.2 Å². The van der Waals surface area contributed by atoms with Crippen LogP contribution in [0.5, 0.6) is 5.75 Å². The van der Waals surface area contributed by atoms with Gasteiger partial charge in [0.2, 0.25) is 0 Å². The zero-order valence-electron chi connectivity index (χ0n) is 12.4. The van der Waals surface area contributed by atoms with Gasteiger partial charge in [-0.3, -0.25) is 9.59 Å². The SMILES string of the molecule is CNC(=O)c1ccc(NC(=O)c2ccc(F)c(F)c2)c(OC)c1. The first-order valence-electron chi connectivity index (χ1n) is 6.62. The van der Waals surface area contributed by atoms with E-state index in [9.17, 15) is 18.4 Å². The molecule has 0 aliphatic heterocycles. The number of amides is 2. The first kappa shape index (κ1) is 16.4. The molecular formula is C16H14F2N2O3. The monoisotopic (exact) mass is 320 g/mol. The van der Waals surface area contributed by atoms with Gasteiger partial charge in [0.15, 0.2) is 11.6 Å². The topological polar surface area (TPSA) is 67.4 Å². The second-order valence-corrected chi connectivity index (χ2v) is 4.58. The van der Waals surface area contributed by atoms with Crippen LogP contribution >= 0.6 is 0 Å². The molecule has 23 heavy (non-hydrogen) atoms. The van der Waals surface area contributed by atoms with Crippen LogP contribution in [0.4, 0.5) is 14.5 Å². The average molecular weight is 320 g/mol. The van der Waals surface area contributed by atoms with Gasteiger partial charge in [-0.25, -0.2) is 8.78 Å². The van der Waals surface area contributed by atoms with Crippen molar-refractivity contribution in [2.75, 3.05) is 19.5 Å². The van der Waals surface area contributed by atoms with Crippen LogP contribution in [0.15, 0.2) is 36.4 Å². The van der Waals surface area contributed by atoms with Crippen LogP contribution in [-0.4, -0.2) is 26.0 Å². The maximum absolute atomic E-state index is 13.2. The summed E-state index contributed by atoms with van der Waals surface area (Å²) in [6.07, 6.45) is 0. The third kappa shape index (κ3) is 3.63. The lowest BCUT2D eigenvalue weighted by atomic mass is 10.1. The van der Waals surface area contributed by atoms with Gasteiger partial charge in [0.05, 0.1) is 12.8 Å². The van der Waals surface area contributed by atoms with Crippen molar-refractivity contribution < 1.29 is 23.1 Å². The van der Waals surface area contributed by atoms with E-state index in [2.05, 4.69) is 10.6 Å². The van der Waals surface area contributed by atoms with Crippen molar-refractivity contribution in [2.24, 2.45) is 0 Å². The predicted octanol–water partition coefficient (Wildman–Crippen LogP) is 2.59. The smallest absolute Gasteiger partial charge is 0.255 e. The molecule has 0 atom stereocenters. The average Bonchev–Trinajstić information content (AvgIpc) is 2.56. The molecule has 0 aliphatic carbocycles. The fourth-order valence-corrected chi connectivity index (χ4v) is 1.91. The number of rotatable bonds is 4. The van der Waals surface area contributed by atoms with Crippen LogP contribution in [0.25, 0.3) is 0 Å². The molecule has 2 aromatic carbocycles. The zero-order valence-corrected chi connectivity index (χ0v) is 12.4. The largest absolute Gasteiger partial charge is 0.495 e. The van der Waals surface area contributed by atoms with Gasteiger partial charge < -0.3 is 15.4 Å². The lowest BCUT2D eigenvalue weighted by Gasteiger charge is -2.12. The van der Waals surface area contributed by atoms with Gasteiger partial charge in [-0.05, 0) is 36.4 Å². The zero-order chi connectivity index (χ0) is 17.0. The highest BCUT2D eigenvalue weighted by Crippen LogP contribution is 2.26. The summed E-state index contributed by atoms with van der Waals surface area (Å²) in [7, 11) is 2.88. The van der Waals surface area contributed by atoms with E-state index in [-0.39, 0.29) is 17.2 Å². The Hall–Kier alpha value is -2.96. The summed E-state index contributed by atoms with van der Waals surface area (Å²) >= 11 is 0. The number of halogens is 2. The molecule has 7 heteroatoms. The molecule has 0 aromatic heterocycles. The number of carbonyl (C=O) groups excluding carboxylic acids is 2. The van der Waals surface area contributed by atoms with Crippen molar-refractivity contribution >= 4 is 17.5 Å². The molecule has 120 valence electrons. The number of benzene rings is 2. The highest BCUT2D eigenvalue weighted by Gasteiger charge is 2.14. The Balaban J connectivity index is 2.26. The van der Waals surface area contributed by atoms with Gasteiger partial charge in [0.25, 0.3) is 11.8 Å². The summed E-state index contributed by atoms with van der Waals surface area (Å²) in [5.41, 5.74) is 0.617. The van der Waals surface area contributed by atoms with Crippen molar-refractivity contribution in [3.63, 3.8) is 0 Å². The maximum Gasteiger partial charge on any atom is 0.255 e. The van der Waals surface area contributed by atoms with E-state index in [1.54, 1.807) is 0 Å². The Labute approximate surface area is 131 Å². The summed E-state index contributed by atoms with van der Waals surface area (Å²) in [5.74, 6) is -2.81. The summed E-state index contributed by atoms with van der Waals surface area (Å²) in [6.45, 7) is 0. The molecule has 0 saturated heterocycles. The fourth-order valence-electron chi connectivity index (χ4n) is 1.91. The Kier molecular flexibility index (Phi) is 4.90. The maximum atomic E-state index is 13.2. The predicted molar refractivity (Wildman–Crippen MR) is 80.7 cm³/mol. The van der Waals surface area contributed by atoms with Crippen molar-refractivity contribution in [1.29, 1.82) is 0 Å². The van der Waals surface area contributed by atoms with Gasteiger partial charge in [-0.2, -0.15) is 0 Å². The molecule has 2 rings (SSSR count). The van der Waals surface area contributed by atoms with Gasteiger partial charge >= 0.3 is 0 Å². The number of hydrogen-bond donors (Lipinski definition) is 2. The summed E-state index contributed by atoms with van der Waals surface area (Å²) < 4.78 is 31.2. The van der Waals surface area contributed by atoms with Crippen LogP contribution in [-0.2, 0) is 0 Å². The summed E-state index contributed by atoms with van der Waals surface area (Å²) in [4.78, 5) is 23.7. The number of anilines is 1. The molecule has 0 aliphatic rings. The Morgan fingerprint density at radius 2 is 1.61 bits per heavy atom. The molecule has 2 N–H and O–H groups in total. The van der Waals surface area contributed by atoms with Crippen molar-refractivity contribution in [3.8, 4) is 5.75 Å². The minimum Gasteiger partial charge on any atom is -0.495 e. The van der Waals surface area contributed by atoms with Crippen LogP contribution in [0.2, 0.25) is 0 Å². The quantitative estimate of drug-likeness (QED) is 0.910. The van der Waals surface area contributed by atoms with Crippen LogP contribution in [0.3, 0.4) is 0 Å². The van der Waals surface area contributed by atoms with E-state index in [0.717, 1.165) is 12.1 Å². The third-order valence-corrected chi connectivity index (χ3v) is 3.12. The van der Waals surface area contributed by atoms with Gasteiger partial charge in [-0.1, -0.05) is 0 Å². The van der Waals surface area contributed by atoms with E-state index in [1.807, 2.05) is 0 Å². The van der Waals surface area contributed by atoms with E-state index in [4.69, 9.17) is 4.74 Å². The fraction of sp³-hybridized carbons (Fsp3) is 0.125.